The zero-order chi connectivity index (χ0) is 6.97. The molecule has 0 bridgehead atoms. The van der Waals surface area contributed by atoms with Gasteiger partial charge in [0.05, 0.1) is 12.2 Å². The molecule has 2 nitrogen and oxygen atoms in total. The van der Waals surface area contributed by atoms with Gasteiger partial charge in [-0.3, -0.25) is 0 Å². The molecule has 0 unspecified atom stereocenters. The van der Waals surface area contributed by atoms with Crippen molar-refractivity contribution in [3.05, 3.63) is 0 Å². The van der Waals surface area contributed by atoms with Crippen LogP contribution in [0, 0.1) is 0 Å². The largest absolute Gasteiger partial charge is 0.372 e. The third kappa shape index (κ3) is 1.06. The van der Waals surface area contributed by atoms with Gasteiger partial charge in [-0.1, -0.05) is 0 Å². The van der Waals surface area contributed by atoms with E-state index in [1.165, 1.54) is 19.3 Å². The highest BCUT2D eigenvalue weighted by molar-refractivity contribution is 4.88. The number of nitrogens with one attached hydrogen (secondary N) is 1. The Labute approximate surface area is 61.9 Å². The molecule has 1 saturated heterocycles. The van der Waals surface area contributed by atoms with Crippen LogP contribution in [0.5, 0.6) is 0 Å². The number of fused-ring (bicyclic) bond motifs is 1. The minimum Gasteiger partial charge on any atom is -0.372 e. The van der Waals surface area contributed by atoms with E-state index < -0.39 is 0 Å². The van der Waals surface area contributed by atoms with Crippen LogP contribution in [0.15, 0.2) is 0 Å². The Morgan fingerprint density at radius 1 is 1.40 bits per heavy atom. The Bertz CT molecular complexity index is 126. The van der Waals surface area contributed by atoms with Gasteiger partial charge in [0.25, 0.3) is 0 Å². The van der Waals surface area contributed by atoms with Crippen molar-refractivity contribution in [2.45, 2.75) is 44.4 Å². The van der Waals surface area contributed by atoms with Crippen LogP contribution in [0.25, 0.3) is 0 Å². The summed E-state index contributed by atoms with van der Waals surface area (Å²) in [6.07, 6.45) is 4.89. The molecule has 10 heavy (non-hydrogen) atoms. The van der Waals surface area contributed by atoms with E-state index in [0.29, 0.717) is 18.2 Å². The summed E-state index contributed by atoms with van der Waals surface area (Å²) in [5.41, 5.74) is 0. The number of hydrogen-bond donors (Lipinski definition) is 1. The fourth-order valence-corrected chi connectivity index (χ4v) is 1.99. The van der Waals surface area contributed by atoms with Crippen LogP contribution < -0.4 is 5.32 Å². The van der Waals surface area contributed by atoms with Gasteiger partial charge < -0.3 is 10.1 Å². The van der Waals surface area contributed by atoms with Crippen molar-refractivity contribution in [2.24, 2.45) is 0 Å². The maximum atomic E-state index is 5.75. The van der Waals surface area contributed by atoms with Gasteiger partial charge in [-0.05, 0) is 26.2 Å². The molecule has 1 N–H and O–H groups in total. The normalized spacial score (nSPS) is 47.1. The maximum absolute atomic E-state index is 5.75. The lowest BCUT2D eigenvalue weighted by molar-refractivity contribution is -0.0414. The zero-order valence-corrected chi connectivity index (χ0v) is 6.47. The summed E-state index contributed by atoms with van der Waals surface area (Å²) in [5.74, 6) is 0. The van der Waals surface area contributed by atoms with Crippen molar-refractivity contribution in [1.29, 1.82) is 0 Å². The Morgan fingerprint density at radius 3 is 3.20 bits per heavy atom. The number of ether oxygens (including phenoxy) is 1. The molecule has 2 fully saturated rings. The monoisotopic (exact) mass is 141 g/mol. The average Bonchev–Trinajstić information content (AvgIpc) is 2.33. The number of morpholine rings is 1. The van der Waals surface area contributed by atoms with Crippen molar-refractivity contribution in [3.8, 4) is 0 Å². The molecule has 0 amide bonds. The minimum absolute atomic E-state index is 0.430. The van der Waals surface area contributed by atoms with Crippen molar-refractivity contribution in [1.82, 2.24) is 5.32 Å². The van der Waals surface area contributed by atoms with Gasteiger partial charge in [0.1, 0.15) is 0 Å². The highest BCUT2D eigenvalue weighted by Crippen LogP contribution is 2.25. The van der Waals surface area contributed by atoms with E-state index in [1.807, 2.05) is 0 Å². The molecule has 1 heterocycles. The van der Waals surface area contributed by atoms with Gasteiger partial charge in [-0.2, -0.15) is 0 Å². The Hall–Kier alpha value is -0.0800. The molecule has 0 spiro atoms. The second kappa shape index (κ2) is 2.51. The van der Waals surface area contributed by atoms with Gasteiger partial charge in [0.2, 0.25) is 0 Å². The SMILES string of the molecule is C[C@@H]1CN[C@@H]2CCC[C@@H]2O1. The lowest BCUT2D eigenvalue weighted by Crippen LogP contribution is -2.48. The summed E-state index contributed by atoms with van der Waals surface area (Å²) in [5, 5.41) is 3.51. The highest BCUT2D eigenvalue weighted by Gasteiger charge is 2.32. The molecule has 1 aliphatic carbocycles. The molecule has 2 rings (SSSR count). The van der Waals surface area contributed by atoms with Crippen molar-refractivity contribution in [2.75, 3.05) is 6.54 Å². The molecular formula is C8H15NO. The first kappa shape index (κ1) is 6.62. The van der Waals surface area contributed by atoms with Gasteiger partial charge in [0, 0.05) is 12.6 Å². The molecule has 2 aliphatic rings. The second-order valence-corrected chi connectivity index (χ2v) is 3.43. The molecule has 3 atom stereocenters. The predicted molar refractivity (Wildman–Crippen MR) is 40.0 cm³/mol. The topological polar surface area (TPSA) is 21.3 Å². The Morgan fingerprint density at radius 2 is 2.30 bits per heavy atom. The smallest absolute Gasteiger partial charge is 0.0732 e. The van der Waals surface area contributed by atoms with Crippen LogP contribution in [-0.2, 0) is 4.74 Å². The van der Waals surface area contributed by atoms with E-state index >= 15 is 0 Å². The third-order valence-electron chi connectivity index (χ3n) is 2.53. The van der Waals surface area contributed by atoms with Crippen LogP contribution in [0.2, 0.25) is 0 Å². The molecule has 1 saturated carbocycles. The van der Waals surface area contributed by atoms with E-state index in [4.69, 9.17) is 4.74 Å². The van der Waals surface area contributed by atoms with Crippen LogP contribution >= 0.6 is 0 Å². The fourth-order valence-electron chi connectivity index (χ4n) is 1.99. The first-order chi connectivity index (χ1) is 4.86. The molecule has 0 aromatic rings. The predicted octanol–water partition coefficient (Wildman–Crippen LogP) is 0.916. The number of hydrogen-bond acceptors (Lipinski definition) is 2. The lowest BCUT2D eigenvalue weighted by atomic mass is 10.1. The maximum Gasteiger partial charge on any atom is 0.0732 e. The van der Waals surface area contributed by atoms with Gasteiger partial charge in [0.15, 0.2) is 0 Å². The van der Waals surface area contributed by atoms with E-state index in [2.05, 4.69) is 12.2 Å². The molecular weight excluding hydrogens is 126 g/mol. The summed E-state index contributed by atoms with van der Waals surface area (Å²) < 4.78 is 5.75. The fraction of sp³-hybridized carbons (Fsp3) is 1.00. The van der Waals surface area contributed by atoms with E-state index in [-0.39, 0.29) is 0 Å². The van der Waals surface area contributed by atoms with E-state index in [0.717, 1.165) is 6.54 Å². The highest BCUT2D eigenvalue weighted by atomic mass is 16.5. The van der Waals surface area contributed by atoms with Gasteiger partial charge in [-0.25, -0.2) is 0 Å². The standard InChI is InChI=1S/C8H15NO/c1-6-5-9-7-3-2-4-8(7)10-6/h6-9H,2-5H2,1H3/t6-,7-,8+/m1/s1. The minimum atomic E-state index is 0.430. The summed E-state index contributed by atoms with van der Waals surface area (Å²) in [6.45, 7) is 3.18. The van der Waals surface area contributed by atoms with Crippen LogP contribution in [0.1, 0.15) is 26.2 Å². The van der Waals surface area contributed by atoms with Crippen LogP contribution in [0.3, 0.4) is 0 Å². The lowest BCUT2D eigenvalue weighted by Gasteiger charge is -2.31. The molecule has 0 aromatic heterocycles. The van der Waals surface area contributed by atoms with Crippen LogP contribution in [0.4, 0.5) is 0 Å². The summed E-state index contributed by atoms with van der Waals surface area (Å²) in [4.78, 5) is 0. The summed E-state index contributed by atoms with van der Waals surface area (Å²) in [7, 11) is 0. The van der Waals surface area contributed by atoms with Gasteiger partial charge >= 0.3 is 0 Å². The molecule has 0 aromatic carbocycles. The van der Waals surface area contributed by atoms with Crippen molar-refractivity contribution >= 4 is 0 Å². The zero-order valence-electron chi connectivity index (χ0n) is 6.47. The first-order valence-electron chi connectivity index (χ1n) is 4.25. The molecule has 0 radical (unpaired) electrons. The van der Waals surface area contributed by atoms with E-state index in [9.17, 15) is 0 Å². The Kier molecular flexibility index (Phi) is 1.66. The summed E-state index contributed by atoms with van der Waals surface area (Å²) in [6, 6.07) is 0.677. The number of rotatable bonds is 0. The second-order valence-electron chi connectivity index (χ2n) is 3.43. The Balaban J connectivity index is 1.96. The third-order valence-corrected chi connectivity index (χ3v) is 2.53. The van der Waals surface area contributed by atoms with Crippen molar-refractivity contribution < 1.29 is 4.74 Å². The summed E-state index contributed by atoms with van der Waals surface area (Å²) >= 11 is 0. The van der Waals surface area contributed by atoms with Crippen molar-refractivity contribution in [3.63, 3.8) is 0 Å². The quantitative estimate of drug-likeness (QED) is 0.541. The average molecular weight is 141 g/mol. The molecule has 1 aliphatic heterocycles. The molecule has 58 valence electrons. The first-order valence-corrected chi connectivity index (χ1v) is 4.25. The van der Waals surface area contributed by atoms with E-state index in [1.54, 1.807) is 0 Å². The van der Waals surface area contributed by atoms with Crippen LogP contribution in [-0.4, -0.2) is 24.8 Å². The van der Waals surface area contributed by atoms with Gasteiger partial charge in [-0.15, -0.1) is 0 Å². The molecule has 2 heteroatoms.